The summed E-state index contributed by atoms with van der Waals surface area (Å²) in [5, 5.41) is 10.1. The van der Waals surface area contributed by atoms with Gasteiger partial charge in [-0.05, 0) is 78.4 Å². The molecule has 55 heavy (non-hydrogen) atoms. The van der Waals surface area contributed by atoms with Crippen molar-refractivity contribution in [3.05, 3.63) is 155 Å². The molecule has 10 nitrogen and oxygen atoms in total. The summed E-state index contributed by atoms with van der Waals surface area (Å²) < 4.78 is 29.8. The van der Waals surface area contributed by atoms with Crippen LogP contribution < -0.4 is 30.2 Å². The Kier molecular flexibility index (Phi) is 12.6. The number of carbonyl (C=O) groups excluding carboxylic acids is 3. The van der Waals surface area contributed by atoms with Crippen LogP contribution in [0.5, 0.6) is 17.2 Å². The molecule has 13 heteroatoms. The van der Waals surface area contributed by atoms with E-state index in [1.54, 1.807) is 84.2 Å². The smallest absolute Gasteiger partial charge is 0.272 e. The molecule has 6 aromatic rings. The Morgan fingerprint density at radius 2 is 1.40 bits per heavy atom. The maximum Gasteiger partial charge on any atom is 0.272 e. The van der Waals surface area contributed by atoms with E-state index in [-0.39, 0.29) is 17.4 Å². The molecule has 0 saturated carbocycles. The number of aromatic nitrogens is 1. The van der Waals surface area contributed by atoms with E-state index in [9.17, 15) is 18.8 Å². The average Bonchev–Trinajstić information content (AvgIpc) is 3.69. The third kappa shape index (κ3) is 9.76. The van der Waals surface area contributed by atoms with Crippen LogP contribution in [0.15, 0.2) is 137 Å². The molecule has 0 spiro atoms. The van der Waals surface area contributed by atoms with Gasteiger partial charge in [0.15, 0.2) is 16.6 Å². The predicted molar refractivity (Wildman–Crippen MR) is 214 cm³/mol. The molecule has 0 aliphatic carbocycles. The van der Waals surface area contributed by atoms with Crippen molar-refractivity contribution in [3.63, 3.8) is 0 Å². The van der Waals surface area contributed by atoms with E-state index in [1.165, 1.54) is 62.6 Å². The topological polar surface area (TPSA) is 128 Å². The first-order valence-corrected chi connectivity index (χ1v) is 18.5. The van der Waals surface area contributed by atoms with Gasteiger partial charge in [0, 0.05) is 38.7 Å². The lowest BCUT2D eigenvalue weighted by Gasteiger charge is -2.17. The highest BCUT2D eigenvalue weighted by molar-refractivity contribution is 8.00. The minimum absolute atomic E-state index is 0.0524. The molecule has 278 valence electrons. The van der Waals surface area contributed by atoms with Gasteiger partial charge in [-0.25, -0.2) is 9.37 Å². The first-order chi connectivity index (χ1) is 26.7. The first kappa shape index (κ1) is 38.3. The molecule has 3 N–H and O–H groups in total. The van der Waals surface area contributed by atoms with Gasteiger partial charge in [-0.1, -0.05) is 48.5 Å². The summed E-state index contributed by atoms with van der Waals surface area (Å²) >= 11 is 2.61. The zero-order valence-corrected chi connectivity index (χ0v) is 31.5. The molecule has 0 fully saturated rings. The molecule has 6 rings (SSSR count). The number of nitrogens with zero attached hydrogens (tertiary/aromatic N) is 1. The van der Waals surface area contributed by atoms with E-state index in [1.807, 2.05) is 30.3 Å². The molecule has 5 aromatic carbocycles. The number of thioether (sulfide) groups is 1. The van der Waals surface area contributed by atoms with Gasteiger partial charge in [-0.15, -0.1) is 23.1 Å². The van der Waals surface area contributed by atoms with Crippen LogP contribution in [0.3, 0.4) is 0 Å². The van der Waals surface area contributed by atoms with Gasteiger partial charge in [0.25, 0.3) is 11.8 Å². The van der Waals surface area contributed by atoms with E-state index in [2.05, 4.69) is 20.9 Å². The van der Waals surface area contributed by atoms with Gasteiger partial charge in [0.1, 0.15) is 22.5 Å². The number of hydrogen-bond donors (Lipinski definition) is 3. The number of thiazole rings is 1. The molecule has 0 saturated heterocycles. The van der Waals surface area contributed by atoms with Gasteiger partial charge in [0.05, 0.1) is 27.0 Å². The lowest BCUT2D eigenvalue weighted by atomic mass is 10.1. The summed E-state index contributed by atoms with van der Waals surface area (Å²) in [4.78, 5) is 46.1. The fourth-order valence-electron chi connectivity index (χ4n) is 5.37. The number of nitrogens with one attached hydrogen (secondary N) is 3. The molecule has 1 unspecified atom stereocenters. The van der Waals surface area contributed by atoms with E-state index in [4.69, 9.17) is 14.2 Å². The number of amides is 3. The Morgan fingerprint density at radius 1 is 0.764 bits per heavy atom. The second kappa shape index (κ2) is 18.1. The molecule has 1 heterocycles. The van der Waals surface area contributed by atoms with E-state index in [0.717, 1.165) is 16.0 Å². The Bertz CT molecular complexity index is 2300. The van der Waals surface area contributed by atoms with Crippen LogP contribution in [0, 0.1) is 5.82 Å². The van der Waals surface area contributed by atoms with Gasteiger partial charge in [0.2, 0.25) is 5.91 Å². The largest absolute Gasteiger partial charge is 0.496 e. The summed E-state index contributed by atoms with van der Waals surface area (Å²) in [6.07, 6.45) is 1.50. The normalized spacial score (nSPS) is 11.6. The summed E-state index contributed by atoms with van der Waals surface area (Å²) in [6.45, 7) is 0. The number of benzene rings is 5. The Hall–Kier alpha value is -6.44. The summed E-state index contributed by atoms with van der Waals surface area (Å²) in [7, 11) is 4.48. The quantitative estimate of drug-likeness (QED) is 0.0740. The van der Waals surface area contributed by atoms with Crippen molar-refractivity contribution < 1.29 is 33.0 Å². The Labute approximate surface area is 325 Å². The van der Waals surface area contributed by atoms with Crippen LogP contribution >= 0.6 is 23.1 Å². The second-order valence-electron chi connectivity index (χ2n) is 11.7. The van der Waals surface area contributed by atoms with Crippen molar-refractivity contribution in [1.82, 2.24) is 10.3 Å². The molecule has 0 radical (unpaired) electrons. The molecule has 1 atom stereocenters. The highest BCUT2D eigenvalue weighted by atomic mass is 32.2. The average molecular weight is 775 g/mol. The Morgan fingerprint density at radius 3 is 2.05 bits per heavy atom. The first-order valence-electron chi connectivity index (χ1n) is 16.8. The van der Waals surface area contributed by atoms with Crippen molar-refractivity contribution in [2.24, 2.45) is 0 Å². The van der Waals surface area contributed by atoms with Crippen molar-refractivity contribution in [2.45, 2.75) is 10.1 Å². The standard InChI is InChI=1S/C42H35FN4O6S2/c1-51-35-24-37(53-3)36(52-2)23-29(35)22-33(45-39(48)28-12-8-5-9-13-28)40(49)44-31-18-20-32(21-19-31)55-38(27-10-6-4-7-11-27)41(50)47-42-46-34(25-54-42)26-14-16-30(43)17-15-26/h4-25,38H,1-3H3,(H,44,49)(H,45,48)(H,46,47,50)/b33-22-. The maximum atomic E-state index is 13.8. The molecule has 0 aliphatic rings. The van der Waals surface area contributed by atoms with Crippen LogP contribution in [-0.2, 0) is 9.59 Å². The van der Waals surface area contributed by atoms with Gasteiger partial charge in [-0.2, -0.15) is 0 Å². The van der Waals surface area contributed by atoms with Crippen LogP contribution in [0.2, 0.25) is 0 Å². The van der Waals surface area contributed by atoms with Crippen molar-refractivity contribution in [1.29, 1.82) is 0 Å². The SMILES string of the molecule is COc1cc(OC)c(OC)cc1/C=C(\NC(=O)c1ccccc1)C(=O)Nc1ccc(SC(C(=O)Nc2nc(-c3ccc(F)cc3)cs2)c2ccccc2)cc1. The maximum absolute atomic E-state index is 13.8. The fraction of sp³-hybridized carbons (Fsp3) is 0.0952. The van der Waals surface area contributed by atoms with Crippen LogP contribution in [0.4, 0.5) is 15.2 Å². The lowest BCUT2D eigenvalue weighted by Crippen LogP contribution is -2.30. The van der Waals surface area contributed by atoms with E-state index in [0.29, 0.717) is 44.9 Å². The third-order valence-corrected chi connectivity index (χ3v) is 10.2. The number of rotatable bonds is 14. The zero-order chi connectivity index (χ0) is 38.7. The van der Waals surface area contributed by atoms with Crippen molar-refractivity contribution in [3.8, 4) is 28.5 Å². The number of anilines is 2. The fourth-order valence-corrected chi connectivity index (χ4v) is 7.12. The summed E-state index contributed by atoms with van der Waals surface area (Å²) in [5.41, 5.74) is 3.37. The van der Waals surface area contributed by atoms with E-state index >= 15 is 0 Å². The van der Waals surface area contributed by atoms with Crippen LogP contribution in [-0.4, -0.2) is 44.0 Å². The highest BCUT2D eigenvalue weighted by Crippen LogP contribution is 2.38. The van der Waals surface area contributed by atoms with Crippen LogP contribution in [0.25, 0.3) is 17.3 Å². The number of hydrogen-bond acceptors (Lipinski definition) is 9. The second-order valence-corrected chi connectivity index (χ2v) is 13.8. The number of carbonyl (C=O) groups is 3. The molecular weight excluding hydrogens is 740 g/mol. The molecular formula is C42H35FN4O6S2. The number of methoxy groups -OCH3 is 3. The predicted octanol–water partition coefficient (Wildman–Crippen LogP) is 8.86. The van der Waals surface area contributed by atoms with Gasteiger partial charge >= 0.3 is 0 Å². The van der Waals surface area contributed by atoms with Crippen molar-refractivity contribution in [2.75, 3.05) is 32.0 Å². The van der Waals surface area contributed by atoms with E-state index < -0.39 is 17.1 Å². The van der Waals surface area contributed by atoms with Crippen molar-refractivity contribution >= 4 is 57.7 Å². The van der Waals surface area contributed by atoms with Gasteiger partial charge in [-0.3, -0.25) is 14.4 Å². The van der Waals surface area contributed by atoms with Gasteiger partial charge < -0.3 is 30.2 Å². The minimum atomic E-state index is -0.640. The molecule has 0 aliphatic heterocycles. The van der Waals surface area contributed by atoms with Crippen LogP contribution in [0.1, 0.15) is 26.7 Å². The third-order valence-electron chi connectivity index (χ3n) is 8.15. The molecule has 3 amide bonds. The summed E-state index contributed by atoms with van der Waals surface area (Å²) in [6, 6.07) is 34.2. The Balaban J connectivity index is 1.21. The molecule has 0 bridgehead atoms. The lowest BCUT2D eigenvalue weighted by molar-refractivity contribution is -0.116. The number of halogens is 1. The monoisotopic (exact) mass is 774 g/mol. The minimum Gasteiger partial charge on any atom is -0.496 e. The molecule has 1 aromatic heterocycles. The summed E-state index contributed by atoms with van der Waals surface area (Å²) in [5.74, 6) is -0.469. The zero-order valence-electron chi connectivity index (χ0n) is 29.9. The highest BCUT2D eigenvalue weighted by Gasteiger charge is 2.24. The number of ether oxygens (including phenoxy) is 3.